The van der Waals surface area contributed by atoms with Crippen molar-refractivity contribution in [1.82, 2.24) is 10.6 Å². The maximum absolute atomic E-state index is 11.5. The molecule has 0 aliphatic heterocycles. The van der Waals surface area contributed by atoms with Crippen LogP contribution in [0.3, 0.4) is 0 Å². The van der Waals surface area contributed by atoms with Crippen molar-refractivity contribution in [3.8, 4) is 5.75 Å². The van der Waals surface area contributed by atoms with E-state index < -0.39 is 25.1 Å². The number of para-hydroxylation sites is 1. The zero-order chi connectivity index (χ0) is 17.1. The van der Waals surface area contributed by atoms with Crippen molar-refractivity contribution >= 4 is 24.1 Å². The molecule has 8 heteroatoms. The Hall–Kier alpha value is -2.90. The Kier molecular flexibility index (Phi) is 7.84. The van der Waals surface area contributed by atoms with Crippen LogP contribution in [0.5, 0.6) is 5.75 Å². The lowest BCUT2D eigenvalue weighted by molar-refractivity contribution is -0.150. The number of aldehydes is 1. The van der Waals surface area contributed by atoms with E-state index in [1.165, 1.54) is 6.07 Å². The van der Waals surface area contributed by atoms with E-state index in [4.69, 9.17) is 9.47 Å². The summed E-state index contributed by atoms with van der Waals surface area (Å²) in [6, 6.07) is 6.40. The second-order valence-electron chi connectivity index (χ2n) is 4.34. The van der Waals surface area contributed by atoms with Crippen LogP contribution in [0, 0.1) is 0 Å². The van der Waals surface area contributed by atoms with Gasteiger partial charge in [0.05, 0.1) is 12.1 Å². The minimum absolute atomic E-state index is 0.187. The summed E-state index contributed by atoms with van der Waals surface area (Å²) < 4.78 is 9.85. The smallest absolute Gasteiger partial charge is 0.344 e. The molecule has 0 unspecified atom stereocenters. The van der Waals surface area contributed by atoms with Gasteiger partial charge in [0.1, 0.15) is 5.75 Å². The number of ether oxygens (including phenoxy) is 2. The van der Waals surface area contributed by atoms with E-state index in [0.717, 1.165) is 0 Å². The minimum Gasteiger partial charge on any atom is -0.481 e. The fourth-order valence-corrected chi connectivity index (χ4v) is 1.52. The first-order valence-corrected chi connectivity index (χ1v) is 6.92. The average Bonchev–Trinajstić information content (AvgIpc) is 2.56. The molecule has 2 N–H and O–H groups in total. The molecule has 0 spiro atoms. The summed E-state index contributed by atoms with van der Waals surface area (Å²) in [7, 11) is 0. The molecule has 124 valence electrons. The van der Waals surface area contributed by atoms with Crippen molar-refractivity contribution in [2.75, 3.05) is 26.3 Å². The van der Waals surface area contributed by atoms with E-state index in [2.05, 4.69) is 10.6 Å². The van der Waals surface area contributed by atoms with Crippen LogP contribution in [0.25, 0.3) is 0 Å². The number of carbonyl (C=O) groups is 4. The zero-order valence-corrected chi connectivity index (χ0v) is 12.7. The van der Waals surface area contributed by atoms with E-state index in [1.807, 2.05) is 0 Å². The minimum atomic E-state index is -0.765. The van der Waals surface area contributed by atoms with Crippen LogP contribution in [0.1, 0.15) is 17.3 Å². The summed E-state index contributed by atoms with van der Waals surface area (Å²) in [5.74, 6) is -1.45. The van der Waals surface area contributed by atoms with Crippen molar-refractivity contribution < 1.29 is 28.7 Å². The predicted molar refractivity (Wildman–Crippen MR) is 80.0 cm³/mol. The maximum Gasteiger partial charge on any atom is 0.344 e. The van der Waals surface area contributed by atoms with Gasteiger partial charge in [0.25, 0.3) is 5.91 Å². The van der Waals surface area contributed by atoms with Crippen molar-refractivity contribution in [3.63, 3.8) is 0 Å². The van der Waals surface area contributed by atoms with Gasteiger partial charge in [-0.1, -0.05) is 12.1 Å². The van der Waals surface area contributed by atoms with Crippen LogP contribution >= 0.6 is 0 Å². The normalized spacial score (nSPS) is 9.61. The number of hydrogen-bond acceptors (Lipinski definition) is 6. The molecule has 8 nitrogen and oxygen atoms in total. The van der Waals surface area contributed by atoms with Crippen molar-refractivity contribution in [2.45, 2.75) is 6.92 Å². The second kappa shape index (κ2) is 9.93. The second-order valence-corrected chi connectivity index (χ2v) is 4.34. The number of carbonyl (C=O) groups excluding carboxylic acids is 4. The lowest BCUT2D eigenvalue weighted by Gasteiger charge is -2.09. The van der Waals surface area contributed by atoms with Gasteiger partial charge in [-0.25, -0.2) is 4.79 Å². The van der Waals surface area contributed by atoms with Gasteiger partial charge in [-0.3, -0.25) is 14.4 Å². The average molecular weight is 322 g/mol. The molecule has 1 rings (SSSR count). The number of likely N-dealkylation sites (N-methyl/N-ethyl adjacent to an activating group) is 1. The summed E-state index contributed by atoms with van der Waals surface area (Å²) in [6.07, 6.45) is 0.607. The lowest BCUT2D eigenvalue weighted by atomic mass is 10.2. The van der Waals surface area contributed by atoms with Gasteiger partial charge < -0.3 is 20.1 Å². The van der Waals surface area contributed by atoms with E-state index >= 15 is 0 Å². The molecule has 0 fully saturated rings. The standard InChI is InChI=1S/C15H18N2O6/c1-2-16-13(19)7-17-14(20)9-23-15(21)10-22-12-6-4-3-5-11(12)8-18/h3-6,8H,2,7,9-10H2,1H3,(H,16,19)(H,17,20). The van der Waals surface area contributed by atoms with Crippen molar-refractivity contribution in [3.05, 3.63) is 29.8 Å². The van der Waals surface area contributed by atoms with E-state index in [1.54, 1.807) is 25.1 Å². The van der Waals surface area contributed by atoms with Gasteiger partial charge in [0, 0.05) is 6.54 Å². The van der Waals surface area contributed by atoms with Crippen LogP contribution < -0.4 is 15.4 Å². The molecular formula is C15H18N2O6. The Morgan fingerprint density at radius 3 is 2.52 bits per heavy atom. The number of benzene rings is 1. The summed E-state index contributed by atoms with van der Waals surface area (Å²) >= 11 is 0. The highest BCUT2D eigenvalue weighted by molar-refractivity contribution is 5.86. The topological polar surface area (TPSA) is 111 Å². The number of rotatable bonds is 9. The maximum atomic E-state index is 11.5. The van der Waals surface area contributed by atoms with E-state index in [0.29, 0.717) is 18.4 Å². The van der Waals surface area contributed by atoms with Gasteiger partial charge >= 0.3 is 5.97 Å². The molecule has 0 radical (unpaired) electrons. The molecule has 2 amide bonds. The fraction of sp³-hybridized carbons (Fsp3) is 0.333. The summed E-state index contributed by atoms with van der Waals surface area (Å²) in [5.41, 5.74) is 0.306. The molecule has 0 saturated carbocycles. The molecule has 0 atom stereocenters. The summed E-state index contributed by atoms with van der Waals surface area (Å²) in [5, 5.41) is 4.80. The molecule has 0 bridgehead atoms. The number of hydrogen-bond donors (Lipinski definition) is 2. The van der Waals surface area contributed by atoms with Gasteiger partial charge in [-0.15, -0.1) is 0 Å². The Bertz CT molecular complexity index is 573. The summed E-state index contributed by atoms with van der Waals surface area (Å²) in [6.45, 7) is 1.08. The van der Waals surface area contributed by atoms with Crippen molar-refractivity contribution in [1.29, 1.82) is 0 Å². The van der Waals surface area contributed by atoms with Crippen LogP contribution in [0.2, 0.25) is 0 Å². The van der Waals surface area contributed by atoms with Gasteiger partial charge in [-0.05, 0) is 19.1 Å². The first-order valence-electron chi connectivity index (χ1n) is 6.92. The first-order chi connectivity index (χ1) is 11.1. The molecule has 0 aliphatic carbocycles. The molecule has 0 aromatic heterocycles. The fourth-order valence-electron chi connectivity index (χ4n) is 1.52. The molecule has 0 heterocycles. The Labute approximate surface area is 133 Å². The van der Waals surface area contributed by atoms with Crippen LogP contribution in [0.15, 0.2) is 24.3 Å². The van der Waals surface area contributed by atoms with Gasteiger partial charge in [0.2, 0.25) is 5.91 Å². The molecule has 1 aromatic carbocycles. The number of amides is 2. The summed E-state index contributed by atoms with van der Waals surface area (Å²) in [4.78, 5) is 44.7. The van der Waals surface area contributed by atoms with Crippen LogP contribution in [0.4, 0.5) is 0 Å². The third-order valence-corrected chi connectivity index (χ3v) is 2.58. The monoisotopic (exact) mass is 322 g/mol. The SMILES string of the molecule is CCNC(=O)CNC(=O)COC(=O)COc1ccccc1C=O. The zero-order valence-electron chi connectivity index (χ0n) is 12.7. The molecular weight excluding hydrogens is 304 g/mol. The van der Waals surface area contributed by atoms with Gasteiger partial charge in [-0.2, -0.15) is 0 Å². The highest BCUT2D eigenvalue weighted by Gasteiger charge is 2.10. The molecule has 0 saturated heterocycles. The highest BCUT2D eigenvalue weighted by Crippen LogP contribution is 2.15. The Balaban J connectivity index is 2.27. The number of esters is 1. The largest absolute Gasteiger partial charge is 0.481 e. The Morgan fingerprint density at radius 2 is 1.83 bits per heavy atom. The lowest BCUT2D eigenvalue weighted by Crippen LogP contribution is -2.38. The third-order valence-electron chi connectivity index (χ3n) is 2.58. The van der Waals surface area contributed by atoms with Crippen molar-refractivity contribution in [2.24, 2.45) is 0 Å². The molecule has 23 heavy (non-hydrogen) atoms. The quantitative estimate of drug-likeness (QED) is 0.476. The van der Waals surface area contributed by atoms with Crippen LogP contribution in [-0.4, -0.2) is 50.4 Å². The van der Waals surface area contributed by atoms with E-state index in [9.17, 15) is 19.2 Å². The third kappa shape index (κ3) is 7.07. The highest BCUT2D eigenvalue weighted by atomic mass is 16.6. The predicted octanol–water partition coefficient (Wildman–Crippen LogP) is -0.327. The Morgan fingerprint density at radius 1 is 1.09 bits per heavy atom. The first kappa shape index (κ1) is 18.1. The van der Waals surface area contributed by atoms with E-state index in [-0.39, 0.29) is 18.2 Å². The molecule has 0 aliphatic rings. The molecule has 1 aromatic rings. The number of nitrogens with one attached hydrogen (secondary N) is 2. The van der Waals surface area contributed by atoms with Gasteiger partial charge in [0.15, 0.2) is 19.5 Å². The van der Waals surface area contributed by atoms with Crippen LogP contribution in [-0.2, 0) is 19.1 Å².